The van der Waals surface area contributed by atoms with Gasteiger partial charge in [-0.1, -0.05) is 38.5 Å². The second kappa shape index (κ2) is 6.02. The molecule has 0 amide bonds. The Bertz CT molecular complexity index is 457. The number of nitrogens with one attached hydrogen (secondary N) is 1. The van der Waals surface area contributed by atoms with Gasteiger partial charge in [0.05, 0.1) is 5.75 Å². The molecule has 1 aromatic carbocycles. The third-order valence-corrected chi connectivity index (χ3v) is 4.05. The summed E-state index contributed by atoms with van der Waals surface area (Å²) in [5, 5.41) is 0. The lowest BCUT2D eigenvalue weighted by atomic mass is 10.1. The maximum absolute atomic E-state index is 11.8. The van der Waals surface area contributed by atoms with E-state index < -0.39 is 10.0 Å². The molecule has 0 heterocycles. The van der Waals surface area contributed by atoms with Crippen LogP contribution in [0, 0.1) is 5.92 Å². The first-order valence-electron chi connectivity index (χ1n) is 5.75. The number of benzene rings is 1. The normalized spacial score (nSPS) is 13.5. The quantitative estimate of drug-likeness (QED) is 0.761. The molecule has 0 radical (unpaired) electrons. The van der Waals surface area contributed by atoms with E-state index in [0.717, 1.165) is 6.42 Å². The largest absolute Gasteiger partial charge is 0.398 e. The molecule has 0 saturated carbocycles. The van der Waals surface area contributed by atoms with E-state index in [2.05, 4.69) is 4.72 Å². The van der Waals surface area contributed by atoms with Gasteiger partial charge in [-0.15, -0.1) is 0 Å². The van der Waals surface area contributed by atoms with Crippen molar-refractivity contribution in [3.8, 4) is 0 Å². The predicted octanol–water partition coefficient (Wildman–Crippen LogP) is 1.73. The number of nitrogens with two attached hydrogens (primary N) is 1. The average molecular weight is 256 g/mol. The van der Waals surface area contributed by atoms with Crippen molar-refractivity contribution in [2.24, 2.45) is 5.92 Å². The molecule has 3 N–H and O–H groups in total. The molecule has 17 heavy (non-hydrogen) atoms. The summed E-state index contributed by atoms with van der Waals surface area (Å²) in [4.78, 5) is 0. The van der Waals surface area contributed by atoms with E-state index in [0.29, 0.717) is 23.7 Å². The molecule has 0 aliphatic rings. The predicted molar refractivity (Wildman–Crippen MR) is 70.9 cm³/mol. The lowest BCUT2D eigenvalue weighted by Crippen LogP contribution is -2.29. The number of anilines is 1. The highest BCUT2D eigenvalue weighted by atomic mass is 32.2. The third-order valence-electron chi connectivity index (χ3n) is 2.75. The summed E-state index contributed by atoms with van der Waals surface area (Å²) in [7, 11) is -3.29. The van der Waals surface area contributed by atoms with Crippen molar-refractivity contribution >= 4 is 15.7 Å². The zero-order valence-corrected chi connectivity index (χ0v) is 11.1. The third kappa shape index (κ3) is 4.75. The van der Waals surface area contributed by atoms with Gasteiger partial charge in [0.15, 0.2) is 0 Å². The minimum atomic E-state index is -3.29. The average Bonchev–Trinajstić information content (AvgIpc) is 2.29. The minimum Gasteiger partial charge on any atom is -0.398 e. The summed E-state index contributed by atoms with van der Waals surface area (Å²) in [5.74, 6) is 0.286. The topological polar surface area (TPSA) is 72.2 Å². The van der Waals surface area contributed by atoms with Crippen molar-refractivity contribution in [3.63, 3.8) is 0 Å². The number of para-hydroxylation sites is 1. The number of nitrogen functional groups attached to an aromatic ring is 1. The molecular weight excluding hydrogens is 236 g/mol. The van der Waals surface area contributed by atoms with Crippen LogP contribution in [-0.2, 0) is 15.8 Å². The van der Waals surface area contributed by atoms with Crippen LogP contribution in [0.3, 0.4) is 0 Å². The fourth-order valence-electron chi connectivity index (χ4n) is 1.33. The summed E-state index contributed by atoms with van der Waals surface area (Å²) < 4.78 is 26.2. The van der Waals surface area contributed by atoms with Crippen LogP contribution in [0.15, 0.2) is 24.3 Å². The highest BCUT2D eigenvalue weighted by Crippen LogP contribution is 2.13. The van der Waals surface area contributed by atoms with Gasteiger partial charge in [-0.2, -0.15) is 0 Å². The van der Waals surface area contributed by atoms with Crippen molar-refractivity contribution in [2.45, 2.75) is 26.0 Å². The van der Waals surface area contributed by atoms with E-state index in [9.17, 15) is 8.42 Å². The van der Waals surface area contributed by atoms with Gasteiger partial charge in [0.2, 0.25) is 10.0 Å². The Kier molecular flexibility index (Phi) is 4.96. The Morgan fingerprint density at radius 1 is 1.35 bits per heavy atom. The van der Waals surface area contributed by atoms with Gasteiger partial charge in [0.1, 0.15) is 0 Å². The molecule has 0 bridgehead atoms. The van der Waals surface area contributed by atoms with Gasteiger partial charge < -0.3 is 5.73 Å². The molecule has 0 saturated heterocycles. The molecule has 0 aliphatic carbocycles. The van der Waals surface area contributed by atoms with Crippen molar-refractivity contribution in [1.82, 2.24) is 4.72 Å². The summed E-state index contributed by atoms with van der Waals surface area (Å²) >= 11 is 0. The molecule has 5 heteroatoms. The van der Waals surface area contributed by atoms with Gasteiger partial charge in [-0.05, 0) is 17.5 Å². The fraction of sp³-hybridized carbons (Fsp3) is 0.500. The Morgan fingerprint density at radius 3 is 2.59 bits per heavy atom. The van der Waals surface area contributed by atoms with E-state index in [1.807, 2.05) is 13.8 Å². The van der Waals surface area contributed by atoms with Crippen LogP contribution < -0.4 is 10.5 Å². The van der Waals surface area contributed by atoms with Crippen LogP contribution in [0.5, 0.6) is 0 Å². The lowest BCUT2D eigenvalue weighted by Gasteiger charge is -2.11. The molecule has 96 valence electrons. The van der Waals surface area contributed by atoms with E-state index in [1.54, 1.807) is 24.3 Å². The summed E-state index contributed by atoms with van der Waals surface area (Å²) in [6, 6.07) is 7.02. The van der Waals surface area contributed by atoms with Crippen molar-refractivity contribution in [1.29, 1.82) is 0 Å². The Balaban J connectivity index is 2.64. The van der Waals surface area contributed by atoms with Crippen LogP contribution in [-0.4, -0.2) is 15.0 Å². The molecule has 1 rings (SSSR count). The SMILES string of the molecule is CCC(C)CNS(=O)(=O)Cc1ccccc1N. The molecule has 0 aromatic heterocycles. The second-order valence-corrected chi connectivity index (χ2v) is 6.13. The van der Waals surface area contributed by atoms with Gasteiger partial charge in [0.25, 0.3) is 0 Å². The second-order valence-electron chi connectivity index (χ2n) is 4.32. The maximum atomic E-state index is 11.8. The van der Waals surface area contributed by atoms with Gasteiger partial charge >= 0.3 is 0 Å². The number of sulfonamides is 1. The first kappa shape index (κ1) is 14.0. The Labute approximate surface area is 103 Å². The number of hydrogen-bond donors (Lipinski definition) is 2. The monoisotopic (exact) mass is 256 g/mol. The zero-order valence-electron chi connectivity index (χ0n) is 10.3. The molecule has 1 unspecified atom stereocenters. The standard InChI is InChI=1S/C12H20N2O2S/c1-3-10(2)8-14-17(15,16)9-11-6-4-5-7-12(11)13/h4-7,10,14H,3,8-9,13H2,1-2H3. The Hall–Kier alpha value is -1.07. The van der Waals surface area contributed by atoms with Crippen molar-refractivity contribution in [2.75, 3.05) is 12.3 Å². The summed E-state index contributed by atoms with van der Waals surface area (Å²) in [5.41, 5.74) is 6.88. The maximum Gasteiger partial charge on any atom is 0.215 e. The van der Waals surface area contributed by atoms with Gasteiger partial charge in [0, 0.05) is 12.2 Å². The molecule has 0 spiro atoms. The Morgan fingerprint density at radius 2 is 2.00 bits per heavy atom. The molecule has 1 aromatic rings. The minimum absolute atomic E-state index is 0.0594. The van der Waals surface area contributed by atoms with Crippen LogP contribution >= 0.6 is 0 Å². The zero-order chi connectivity index (χ0) is 12.9. The van der Waals surface area contributed by atoms with E-state index in [1.165, 1.54) is 0 Å². The highest BCUT2D eigenvalue weighted by Gasteiger charge is 2.13. The van der Waals surface area contributed by atoms with Gasteiger partial charge in [-0.25, -0.2) is 13.1 Å². The smallest absolute Gasteiger partial charge is 0.215 e. The van der Waals surface area contributed by atoms with Crippen LogP contribution in [0.25, 0.3) is 0 Å². The first-order valence-corrected chi connectivity index (χ1v) is 7.40. The number of rotatable bonds is 6. The van der Waals surface area contributed by atoms with Crippen LogP contribution in [0.1, 0.15) is 25.8 Å². The lowest BCUT2D eigenvalue weighted by molar-refractivity contribution is 0.528. The van der Waals surface area contributed by atoms with Gasteiger partial charge in [-0.3, -0.25) is 0 Å². The molecule has 4 nitrogen and oxygen atoms in total. The fourth-order valence-corrected chi connectivity index (χ4v) is 2.65. The first-order chi connectivity index (χ1) is 7.94. The summed E-state index contributed by atoms with van der Waals surface area (Å²) in [6.07, 6.45) is 0.954. The van der Waals surface area contributed by atoms with Crippen molar-refractivity contribution in [3.05, 3.63) is 29.8 Å². The molecular formula is C12H20N2O2S. The van der Waals surface area contributed by atoms with Crippen LogP contribution in [0.2, 0.25) is 0 Å². The molecule has 0 aliphatic heterocycles. The van der Waals surface area contributed by atoms with E-state index in [4.69, 9.17) is 5.73 Å². The van der Waals surface area contributed by atoms with Crippen LogP contribution in [0.4, 0.5) is 5.69 Å². The van der Waals surface area contributed by atoms with E-state index >= 15 is 0 Å². The van der Waals surface area contributed by atoms with Crippen molar-refractivity contribution < 1.29 is 8.42 Å². The highest BCUT2D eigenvalue weighted by molar-refractivity contribution is 7.88. The van der Waals surface area contributed by atoms with E-state index in [-0.39, 0.29) is 5.75 Å². The summed E-state index contributed by atoms with van der Waals surface area (Å²) in [6.45, 7) is 4.53. The molecule has 1 atom stereocenters. The molecule has 0 fully saturated rings. The number of hydrogen-bond acceptors (Lipinski definition) is 3.